The van der Waals surface area contributed by atoms with Gasteiger partial charge in [-0.1, -0.05) is 11.8 Å². The zero-order valence-electron chi connectivity index (χ0n) is 12.2. The molecule has 21 heavy (non-hydrogen) atoms. The summed E-state index contributed by atoms with van der Waals surface area (Å²) in [6, 6.07) is 3.89. The summed E-state index contributed by atoms with van der Waals surface area (Å²) in [5.74, 6) is 1.77. The Hall–Kier alpha value is -1.07. The molecule has 2 aromatic rings. The number of ether oxygens (including phenoxy) is 1. The molecule has 2 atom stereocenters. The Morgan fingerprint density at radius 2 is 2.10 bits per heavy atom. The second kappa shape index (κ2) is 5.61. The van der Waals surface area contributed by atoms with Crippen molar-refractivity contribution >= 4 is 23.0 Å². The summed E-state index contributed by atoms with van der Waals surface area (Å²) in [6.45, 7) is 1.97. The van der Waals surface area contributed by atoms with Crippen molar-refractivity contribution in [3.8, 4) is 0 Å². The standard InChI is InChI=1S/C16H20N2O2S/c1-10-5-8-14-15(17-10)18-16(20-14)21-9-12-3-2-4-13(19-12)11-6-7-11/h5,8,11-13H,2-4,6-7,9H2,1H3. The maximum atomic E-state index is 6.22. The second-order valence-electron chi connectivity index (χ2n) is 6.13. The van der Waals surface area contributed by atoms with E-state index < -0.39 is 0 Å². The van der Waals surface area contributed by atoms with Gasteiger partial charge in [0, 0.05) is 11.4 Å². The van der Waals surface area contributed by atoms with E-state index in [1.54, 1.807) is 11.8 Å². The van der Waals surface area contributed by atoms with E-state index in [4.69, 9.17) is 9.15 Å². The summed E-state index contributed by atoms with van der Waals surface area (Å²) in [4.78, 5) is 8.84. The highest BCUT2D eigenvalue weighted by molar-refractivity contribution is 7.99. The average Bonchev–Trinajstić information content (AvgIpc) is 3.26. The van der Waals surface area contributed by atoms with Gasteiger partial charge in [0.05, 0.1) is 12.2 Å². The van der Waals surface area contributed by atoms with E-state index in [9.17, 15) is 0 Å². The lowest BCUT2D eigenvalue weighted by Gasteiger charge is -2.29. The fourth-order valence-corrected chi connectivity index (χ4v) is 3.86. The zero-order chi connectivity index (χ0) is 14.2. The van der Waals surface area contributed by atoms with Crippen LogP contribution in [0.4, 0.5) is 0 Å². The van der Waals surface area contributed by atoms with Crippen LogP contribution in [0.1, 0.15) is 37.8 Å². The molecule has 2 aromatic heterocycles. The first kappa shape index (κ1) is 13.6. The minimum Gasteiger partial charge on any atom is -0.430 e. The van der Waals surface area contributed by atoms with Crippen LogP contribution in [0.15, 0.2) is 21.8 Å². The molecule has 1 saturated heterocycles. The van der Waals surface area contributed by atoms with Crippen molar-refractivity contribution in [1.82, 2.24) is 9.97 Å². The van der Waals surface area contributed by atoms with E-state index in [-0.39, 0.29) is 0 Å². The van der Waals surface area contributed by atoms with Crippen molar-refractivity contribution in [2.75, 3.05) is 5.75 Å². The SMILES string of the molecule is Cc1ccc2oc(SCC3CCCC(C4CC4)O3)nc2n1. The third-order valence-electron chi connectivity index (χ3n) is 4.30. The quantitative estimate of drug-likeness (QED) is 0.800. The molecule has 2 aliphatic rings. The number of hydrogen-bond acceptors (Lipinski definition) is 5. The lowest BCUT2D eigenvalue weighted by Crippen LogP contribution is -2.30. The molecule has 1 aliphatic heterocycles. The molecule has 2 fully saturated rings. The first-order valence-electron chi connectivity index (χ1n) is 7.80. The number of aromatic nitrogens is 2. The number of pyridine rings is 1. The predicted octanol–water partition coefficient (Wildman–Crippen LogP) is 3.97. The molecule has 5 heteroatoms. The van der Waals surface area contributed by atoms with Crippen LogP contribution in [-0.4, -0.2) is 27.9 Å². The number of thioether (sulfide) groups is 1. The molecular formula is C16H20N2O2S. The number of rotatable bonds is 4. The van der Waals surface area contributed by atoms with Gasteiger partial charge in [-0.15, -0.1) is 0 Å². The lowest BCUT2D eigenvalue weighted by molar-refractivity contribution is -0.0480. The Morgan fingerprint density at radius 1 is 1.19 bits per heavy atom. The average molecular weight is 304 g/mol. The number of nitrogens with zero attached hydrogens (tertiary/aromatic N) is 2. The van der Waals surface area contributed by atoms with Crippen LogP contribution in [-0.2, 0) is 4.74 Å². The first-order chi connectivity index (χ1) is 10.3. The molecule has 0 aromatic carbocycles. The van der Waals surface area contributed by atoms with Gasteiger partial charge in [-0.25, -0.2) is 4.98 Å². The van der Waals surface area contributed by atoms with Crippen molar-refractivity contribution in [3.05, 3.63) is 17.8 Å². The highest BCUT2D eigenvalue weighted by Gasteiger charge is 2.35. The molecule has 0 spiro atoms. The Morgan fingerprint density at radius 3 is 2.95 bits per heavy atom. The molecule has 1 aliphatic carbocycles. The third-order valence-corrected chi connectivity index (χ3v) is 5.26. The number of aryl methyl sites for hydroxylation is 1. The summed E-state index contributed by atoms with van der Waals surface area (Å²) < 4.78 is 12.0. The van der Waals surface area contributed by atoms with Crippen molar-refractivity contribution in [2.45, 2.75) is 56.5 Å². The second-order valence-corrected chi connectivity index (χ2v) is 7.10. The summed E-state index contributed by atoms with van der Waals surface area (Å²) in [7, 11) is 0. The topological polar surface area (TPSA) is 48.2 Å². The molecule has 0 bridgehead atoms. The summed E-state index contributed by atoms with van der Waals surface area (Å²) in [5, 5.41) is 0.709. The zero-order valence-corrected chi connectivity index (χ0v) is 13.1. The highest BCUT2D eigenvalue weighted by Crippen LogP contribution is 2.40. The third kappa shape index (κ3) is 3.09. The Kier molecular flexibility index (Phi) is 3.63. The van der Waals surface area contributed by atoms with Crippen molar-refractivity contribution in [2.24, 2.45) is 5.92 Å². The predicted molar refractivity (Wildman–Crippen MR) is 82.5 cm³/mol. The molecule has 4 nitrogen and oxygen atoms in total. The van der Waals surface area contributed by atoms with E-state index in [1.807, 2.05) is 19.1 Å². The molecule has 3 heterocycles. The lowest BCUT2D eigenvalue weighted by atomic mass is 10.0. The monoisotopic (exact) mass is 304 g/mol. The first-order valence-corrected chi connectivity index (χ1v) is 8.79. The molecule has 0 amide bonds. The fourth-order valence-electron chi connectivity index (χ4n) is 2.99. The highest BCUT2D eigenvalue weighted by atomic mass is 32.2. The maximum Gasteiger partial charge on any atom is 0.258 e. The Balaban J connectivity index is 1.38. The van der Waals surface area contributed by atoms with Gasteiger partial charge in [-0.3, -0.25) is 0 Å². The van der Waals surface area contributed by atoms with E-state index in [0.717, 1.165) is 29.4 Å². The van der Waals surface area contributed by atoms with Crippen LogP contribution in [0.3, 0.4) is 0 Å². The van der Waals surface area contributed by atoms with Gasteiger partial charge < -0.3 is 9.15 Å². The maximum absolute atomic E-state index is 6.22. The molecule has 112 valence electrons. The van der Waals surface area contributed by atoms with Gasteiger partial charge in [0.15, 0.2) is 11.2 Å². The minimum atomic E-state index is 0.346. The molecule has 0 N–H and O–H groups in total. The van der Waals surface area contributed by atoms with E-state index in [0.29, 0.717) is 23.1 Å². The van der Waals surface area contributed by atoms with Crippen LogP contribution in [0, 0.1) is 12.8 Å². The van der Waals surface area contributed by atoms with Crippen LogP contribution in [0.5, 0.6) is 0 Å². The van der Waals surface area contributed by atoms with Gasteiger partial charge in [0.1, 0.15) is 0 Å². The molecule has 4 rings (SSSR count). The summed E-state index contributed by atoms with van der Waals surface area (Å²) in [6.07, 6.45) is 7.28. The van der Waals surface area contributed by atoms with Gasteiger partial charge in [-0.2, -0.15) is 4.98 Å². The number of fused-ring (bicyclic) bond motifs is 1. The summed E-state index contributed by atoms with van der Waals surface area (Å²) >= 11 is 1.65. The molecular weight excluding hydrogens is 284 g/mol. The Bertz CT molecular complexity index is 638. The molecule has 2 unspecified atom stereocenters. The number of oxazole rings is 1. The largest absolute Gasteiger partial charge is 0.430 e. The van der Waals surface area contributed by atoms with Crippen molar-refractivity contribution < 1.29 is 9.15 Å². The van der Waals surface area contributed by atoms with Crippen molar-refractivity contribution in [3.63, 3.8) is 0 Å². The van der Waals surface area contributed by atoms with E-state index in [2.05, 4.69) is 9.97 Å². The van der Waals surface area contributed by atoms with Gasteiger partial charge >= 0.3 is 0 Å². The van der Waals surface area contributed by atoms with Crippen LogP contribution < -0.4 is 0 Å². The van der Waals surface area contributed by atoms with Crippen LogP contribution in [0.25, 0.3) is 11.2 Å². The number of hydrogen-bond donors (Lipinski definition) is 0. The van der Waals surface area contributed by atoms with E-state index >= 15 is 0 Å². The Labute approximate surface area is 128 Å². The van der Waals surface area contributed by atoms with Gasteiger partial charge in [0.25, 0.3) is 5.22 Å². The molecule has 1 saturated carbocycles. The minimum absolute atomic E-state index is 0.346. The van der Waals surface area contributed by atoms with Crippen LogP contribution in [0.2, 0.25) is 0 Å². The smallest absolute Gasteiger partial charge is 0.258 e. The van der Waals surface area contributed by atoms with Crippen molar-refractivity contribution in [1.29, 1.82) is 0 Å². The van der Waals surface area contributed by atoms with Gasteiger partial charge in [0.2, 0.25) is 0 Å². The summed E-state index contributed by atoms with van der Waals surface area (Å²) in [5.41, 5.74) is 2.44. The normalized spacial score (nSPS) is 26.3. The van der Waals surface area contributed by atoms with Gasteiger partial charge in [-0.05, 0) is 57.1 Å². The van der Waals surface area contributed by atoms with Crippen LogP contribution >= 0.6 is 11.8 Å². The van der Waals surface area contributed by atoms with E-state index in [1.165, 1.54) is 25.7 Å². The molecule has 0 radical (unpaired) electrons. The fraction of sp³-hybridized carbons (Fsp3) is 0.625.